The van der Waals surface area contributed by atoms with Crippen molar-refractivity contribution in [3.63, 3.8) is 0 Å². The Morgan fingerprint density at radius 3 is 2.75 bits per heavy atom. The fraction of sp³-hybridized carbons (Fsp3) is 0.421. The number of aryl methyl sites for hydroxylation is 1. The van der Waals surface area contributed by atoms with Crippen molar-refractivity contribution in [1.82, 2.24) is 10.2 Å². The van der Waals surface area contributed by atoms with Crippen LogP contribution < -0.4 is 10.1 Å². The lowest BCUT2D eigenvalue weighted by atomic mass is 10.2. The molecule has 1 N–H and O–H groups in total. The minimum atomic E-state index is -0.0704. The molecular weight excluding hydrogens is 320 g/mol. The van der Waals surface area contributed by atoms with E-state index in [4.69, 9.17) is 4.74 Å². The van der Waals surface area contributed by atoms with E-state index in [0.29, 0.717) is 6.54 Å². The van der Waals surface area contributed by atoms with Crippen LogP contribution >= 0.6 is 11.3 Å². The van der Waals surface area contributed by atoms with Crippen LogP contribution in [0.2, 0.25) is 0 Å². The van der Waals surface area contributed by atoms with E-state index in [1.54, 1.807) is 11.3 Å². The monoisotopic (exact) mass is 344 g/mol. The first kappa shape index (κ1) is 17.0. The Bertz CT molecular complexity index is 651. The van der Waals surface area contributed by atoms with E-state index < -0.39 is 0 Å². The van der Waals surface area contributed by atoms with Crippen molar-refractivity contribution in [2.24, 2.45) is 0 Å². The Hall–Kier alpha value is -1.85. The predicted molar refractivity (Wildman–Crippen MR) is 97.6 cm³/mol. The maximum absolute atomic E-state index is 12.2. The molecule has 1 fully saturated rings. The molecule has 24 heavy (non-hydrogen) atoms. The molecule has 1 unspecified atom stereocenters. The summed E-state index contributed by atoms with van der Waals surface area (Å²) in [6.07, 6.45) is 2.48. The Kier molecular flexibility index (Phi) is 5.88. The number of nitrogens with zero attached hydrogens (tertiary/aromatic N) is 1. The minimum absolute atomic E-state index is 0.0576. The highest BCUT2D eigenvalue weighted by Gasteiger charge is 2.24. The molecular formula is C19H24N2O2S. The second kappa shape index (κ2) is 8.31. The van der Waals surface area contributed by atoms with Crippen LogP contribution in [0, 0.1) is 6.92 Å². The molecule has 0 spiro atoms. The van der Waals surface area contributed by atoms with Gasteiger partial charge in [-0.1, -0.05) is 24.3 Å². The lowest BCUT2D eigenvalue weighted by Gasteiger charge is -2.26. The SMILES string of the molecule is Cc1ccccc1OCC(=O)NCC(c1cccs1)N1CCCC1. The first-order valence-corrected chi connectivity index (χ1v) is 9.34. The van der Waals surface area contributed by atoms with Gasteiger partial charge in [-0.15, -0.1) is 11.3 Å². The number of carbonyl (C=O) groups excluding carboxylic acids is 1. The quantitative estimate of drug-likeness (QED) is 0.837. The van der Waals surface area contributed by atoms with E-state index >= 15 is 0 Å². The lowest BCUT2D eigenvalue weighted by Crippen LogP contribution is -2.38. The van der Waals surface area contributed by atoms with Crippen LogP contribution in [-0.4, -0.2) is 37.0 Å². The van der Waals surface area contributed by atoms with Gasteiger partial charge < -0.3 is 10.1 Å². The maximum Gasteiger partial charge on any atom is 0.258 e. The van der Waals surface area contributed by atoms with Crippen molar-refractivity contribution in [2.75, 3.05) is 26.2 Å². The average Bonchev–Trinajstić information content (AvgIpc) is 3.28. The van der Waals surface area contributed by atoms with Gasteiger partial charge in [-0.05, 0) is 55.9 Å². The van der Waals surface area contributed by atoms with Gasteiger partial charge in [-0.25, -0.2) is 0 Å². The van der Waals surface area contributed by atoms with Crippen LogP contribution in [0.15, 0.2) is 41.8 Å². The first-order chi connectivity index (χ1) is 11.7. The number of thiophene rings is 1. The Balaban J connectivity index is 1.52. The predicted octanol–water partition coefficient (Wildman–Crippen LogP) is 3.39. The normalized spacial score (nSPS) is 16.0. The third-order valence-electron chi connectivity index (χ3n) is 4.40. The molecule has 0 aliphatic carbocycles. The molecule has 1 aromatic carbocycles. The Labute approximate surface area is 147 Å². The van der Waals surface area contributed by atoms with Crippen molar-refractivity contribution in [3.05, 3.63) is 52.2 Å². The van der Waals surface area contributed by atoms with Crippen molar-refractivity contribution < 1.29 is 9.53 Å². The summed E-state index contributed by atoms with van der Waals surface area (Å²) in [6, 6.07) is 12.3. The molecule has 1 aliphatic heterocycles. The molecule has 1 atom stereocenters. The van der Waals surface area contributed by atoms with Gasteiger partial charge in [0.15, 0.2) is 6.61 Å². The van der Waals surface area contributed by atoms with Crippen molar-refractivity contribution in [2.45, 2.75) is 25.8 Å². The van der Waals surface area contributed by atoms with E-state index in [1.165, 1.54) is 17.7 Å². The summed E-state index contributed by atoms with van der Waals surface area (Å²) in [7, 11) is 0. The third kappa shape index (κ3) is 4.36. The van der Waals surface area contributed by atoms with Gasteiger partial charge in [0, 0.05) is 11.4 Å². The van der Waals surface area contributed by atoms with Gasteiger partial charge in [0.2, 0.25) is 0 Å². The average molecular weight is 344 g/mol. The second-order valence-corrected chi connectivity index (χ2v) is 7.11. The molecule has 2 heterocycles. The summed E-state index contributed by atoms with van der Waals surface area (Å²) in [4.78, 5) is 15.9. The van der Waals surface area contributed by atoms with E-state index in [2.05, 4.69) is 27.7 Å². The molecule has 0 radical (unpaired) electrons. The van der Waals surface area contributed by atoms with E-state index in [-0.39, 0.29) is 18.6 Å². The number of nitrogens with one attached hydrogen (secondary N) is 1. The highest BCUT2D eigenvalue weighted by Crippen LogP contribution is 2.27. The Morgan fingerprint density at radius 2 is 2.04 bits per heavy atom. The molecule has 128 valence electrons. The first-order valence-electron chi connectivity index (χ1n) is 8.46. The zero-order valence-corrected chi connectivity index (χ0v) is 14.8. The molecule has 1 saturated heterocycles. The standard InChI is InChI=1S/C19H24N2O2S/c1-15-7-2-3-8-17(15)23-14-19(22)20-13-16(18-9-6-12-24-18)21-10-4-5-11-21/h2-3,6-9,12,16H,4-5,10-11,13-14H2,1H3,(H,20,22). The fourth-order valence-corrected chi connectivity index (χ4v) is 3.93. The Morgan fingerprint density at radius 1 is 1.25 bits per heavy atom. The number of rotatable bonds is 7. The van der Waals surface area contributed by atoms with Crippen LogP contribution in [0.4, 0.5) is 0 Å². The summed E-state index contributed by atoms with van der Waals surface area (Å²) < 4.78 is 5.62. The maximum atomic E-state index is 12.2. The van der Waals surface area contributed by atoms with Gasteiger partial charge in [0.25, 0.3) is 5.91 Å². The fourth-order valence-electron chi connectivity index (χ4n) is 3.07. The zero-order valence-electron chi connectivity index (χ0n) is 14.0. The lowest BCUT2D eigenvalue weighted by molar-refractivity contribution is -0.123. The number of benzene rings is 1. The number of hydrogen-bond acceptors (Lipinski definition) is 4. The minimum Gasteiger partial charge on any atom is -0.484 e. The van der Waals surface area contributed by atoms with Gasteiger partial charge >= 0.3 is 0 Å². The molecule has 1 aromatic heterocycles. The number of likely N-dealkylation sites (tertiary alicyclic amines) is 1. The highest BCUT2D eigenvalue weighted by molar-refractivity contribution is 7.10. The topological polar surface area (TPSA) is 41.6 Å². The van der Waals surface area contributed by atoms with Crippen LogP contribution in [0.3, 0.4) is 0 Å². The number of carbonyl (C=O) groups is 1. The van der Waals surface area contributed by atoms with Gasteiger partial charge in [-0.3, -0.25) is 9.69 Å². The van der Waals surface area contributed by atoms with Gasteiger partial charge in [0.1, 0.15) is 5.75 Å². The molecule has 4 nitrogen and oxygen atoms in total. The number of para-hydroxylation sites is 1. The van der Waals surface area contributed by atoms with Gasteiger partial charge in [-0.2, -0.15) is 0 Å². The summed E-state index contributed by atoms with van der Waals surface area (Å²) in [5.74, 6) is 0.695. The van der Waals surface area contributed by atoms with Gasteiger partial charge in [0.05, 0.1) is 6.04 Å². The van der Waals surface area contributed by atoms with Crippen LogP contribution in [-0.2, 0) is 4.79 Å². The summed E-state index contributed by atoms with van der Waals surface area (Å²) >= 11 is 1.76. The summed E-state index contributed by atoms with van der Waals surface area (Å²) in [5, 5.41) is 5.14. The van der Waals surface area contributed by atoms with Crippen LogP contribution in [0.25, 0.3) is 0 Å². The zero-order chi connectivity index (χ0) is 16.8. The van der Waals surface area contributed by atoms with E-state index in [0.717, 1.165) is 24.4 Å². The van der Waals surface area contributed by atoms with E-state index in [9.17, 15) is 4.79 Å². The molecule has 0 bridgehead atoms. The summed E-state index contributed by atoms with van der Waals surface area (Å²) in [5.41, 5.74) is 1.04. The smallest absolute Gasteiger partial charge is 0.258 e. The molecule has 0 saturated carbocycles. The number of hydrogen-bond donors (Lipinski definition) is 1. The summed E-state index contributed by atoms with van der Waals surface area (Å²) in [6.45, 7) is 4.89. The third-order valence-corrected chi connectivity index (χ3v) is 5.37. The van der Waals surface area contributed by atoms with Crippen LogP contribution in [0.5, 0.6) is 5.75 Å². The van der Waals surface area contributed by atoms with Crippen LogP contribution in [0.1, 0.15) is 29.3 Å². The van der Waals surface area contributed by atoms with Crippen molar-refractivity contribution in [3.8, 4) is 5.75 Å². The molecule has 3 rings (SSSR count). The largest absolute Gasteiger partial charge is 0.484 e. The molecule has 1 aliphatic rings. The second-order valence-electron chi connectivity index (χ2n) is 6.13. The number of amides is 1. The molecule has 2 aromatic rings. The highest BCUT2D eigenvalue weighted by atomic mass is 32.1. The molecule has 1 amide bonds. The van der Waals surface area contributed by atoms with E-state index in [1.807, 2.05) is 31.2 Å². The van der Waals surface area contributed by atoms with Crippen molar-refractivity contribution >= 4 is 17.2 Å². The molecule has 5 heteroatoms. The van der Waals surface area contributed by atoms with Crippen molar-refractivity contribution in [1.29, 1.82) is 0 Å². The number of ether oxygens (including phenoxy) is 1.